The first-order valence-electron chi connectivity index (χ1n) is 8.19. The van der Waals surface area contributed by atoms with Crippen molar-refractivity contribution in [2.75, 3.05) is 5.43 Å². The van der Waals surface area contributed by atoms with E-state index < -0.39 is 0 Å². The van der Waals surface area contributed by atoms with Gasteiger partial charge in [0.15, 0.2) is 0 Å². The molecule has 4 rings (SSSR count). The lowest BCUT2D eigenvalue weighted by molar-refractivity contribution is 1.32. The van der Waals surface area contributed by atoms with Crippen LogP contribution in [0.25, 0.3) is 10.9 Å². The van der Waals surface area contributed by atoms with Crippen LogP contribution in [0, 0.1) is 0 Å². The van der Waals surface area contributed by atoms with Crippen LogP contribution in [0.3, 0.4) is 0 Å². The lowest BCUT2D eigenvalue weighted by atomic mass is 10.0. The maximum absolute atomic E-state index is 4.69. The molecule has 0 saturated heterocycles. The van der Waals surface area contributed by atoms with Crippen molar-refractivity contribution in [3.63, 3.8) is 0 Å². The summed E-state index contributed by atoms with van der Waals surface area (Å²) in [6.45, 7) is 0. The van der Waals surface area contributed by atoms with Crippen LogP contribution >= 0.6 is 0 Å². The van der Waals surface area contributed by atoms with E-state index in [0.717, 1.165) is 33.4 Å². The Balaban J connectivity index is 1.71. The van der Waals surface area contributed by atoms with E-state index in [1.54, 1.807) is 6.20 Å². The van der Waals surface area contributed by atoms with Crippen molar-refractivity contribution in [3.8, 4) is 0 Å². The van der Waals surface area contributed by atoms with Crippen LogP contribution in [0.4, 0.5) is 5.69 Å². The number of fused-ring (bicyclic) bond motifs is 1. The minimum Gasteiger partial charge on any atom is -0.278 e. The Labute approximate surface area is 146 Å². The van der Waals surface area contributed by atoms with E-state index >= 15 is 0 Å². The Morgan fingerprint density at radius 1 is 0.720 bits per heavy atom. The second-order valence-corrected chi connectivity index (χ2v) is 5.72. The molecular formula is C22H17N3. The van der Waals surface area contributed by atoms with Gasteiger partial charge in [-0.25, -0.2) is 0 Å². The zero-order valence-electron chi connectivity index (χ0n) is 13.6. The molecule has 0 unspecified atom stereocenters. The Bertz CT molecular complexity index is 967. The highest BCUT2D eigenvalue weighted by Crippen LogP contribution is 2.18. The normalized spacial score (nSPS) is 10.4. The van der Waals surface area contributed by atoms with E-state index in [0.29, 0.717) is 0 Å². The molecule has 25 heavy (non-hydrogen) atoms. The maximum atomic E-state index is 4.69. The molecular weight excluding hydrogens is 306 g/mol. The van der Waals surface area contributed by atoms with Gasteiger partial charge in [-0.05, 0) is 24.3 Å². The molecule has 120 valence electrons. The molecule has 0 aliphatic carbocycles. The quantitative estimate of drug-likeness (QED) is 0.419. The summed E-state index contributed by atoms with van der Waals surface area (Å²) in [5.74, 6) is 0. The average molecular weight is 323 g/mol. The SMILES string of the molecule is c1ccc(C(=NNc2ccc3ncccc3c2)c2ccccc2)cc1. The van der Waals surface area contributed by atoms with Crippen LogP contribution in [0.15, 0.2) is 102 Å². The van der Waals surface area contributed by atoms with Gasteiger partial charge in [0.1, 0.15) is 0 Å². The maximum Gasteiger partial charge on any atom is 0.0977 e. The summed E-state index contributed by atoms with van der Waals surface area (Å²) in [4.78, 5) is 4.35. The standard InChI is InChI=1S/C22H17N3/c1-3-8-17(9-4-1)22(18-10-5-2-6-11-18)25-24-20-13-14-21-19(16-20)12-7-15-23-21/h1-16,24H. The summed E-state index contributed by atoms with van der Waals surface area (Å²) in [6, 6.07) is 30.4. The smallest absolute Gasteiger partial charge is 0.0977 e. The molecule has 0 spiro atoms. The Kier molecular flexibility index (Phi) is 4.21. The molecule has 0 atom stereocenters. The summed E-state index contributed by atoms with van der Waals surface area (Å²) in [6.07, 6.45) is 1.80. The fraction of sp³-hybridized carbons (Fsp3) is 0. The molecule has 1 N–H and O–H groups in total. The topological polar surface area (TPSA) is 37.3 Å². The highest BCUT2D eigenvalue weighted by Gasteiger charge is 2.06. The second kappa shape index (κ2) is 6.97. The second-order valence-electron chi connectivity index (χ2n) is 5.72. The third-order valence-electron chi connectivity index (χ3n) is 3.99. The average Bonchev–Trinajstić information content (AvgIpc) is 2.70. The number of hydrazone groups is 1. The number of anilines is 1. The number of benzene rings is 3. The van der Waals surface area contributed by atoms with Crippen LogP contribution in [0.5, 0.6) is 0 Å². The van der Waals surface area contributed by atoms with E-state index in [1.165, 1.54) is 0 Å². The number of nitrogens with zero attached hydrogens (tertiary/aromatic N) is 2. The van der Waals surface area contributed by atoms with Gasteiger partial charge < -0.3 is 0 Å². The van der Waals surface area contributed by atoms with Crippen LogP contribution in [0.1, 0.15) is 11.1 Å². The van der Waals surface area contributed by atoms with Crippen molar-refractivity contribution in [3.05, 3.63) is 108 Å². The van der Waals surface area contributed by atoms with E-state index in [4.69, 9.17) is 0 Å². The summed E-state index contributed by atoms with van der Waals surface area (Å²) < 4.78 is 0. The van der Waals surface area contributed by atoms with Gasteiger partial charge >= 0.3 is 0 Å². The highest BCUT2D eigenvalue weighted by molar-refractivity contribution is 6.13. The van der Waals surface area contributed by atoms with Gasteiger partial charge in [-0.1, -0.05) is 66.7 Å². The van der Waals surface area contributed by atoms with Crippen molar-refractivity contribution in [1.29, 1.82) is 0 Å². The lowest BCUT2D eigenvalue weighted by Gasteiger charge is -2.09. The predicted molar refractivity (Wildman–Crippen MR) is 104 cm³/mol. The molecule has 3 nitrogen and oxygen atoms in total. The number of nitrogens with one attached hydrogen (secondary N) is 1. The molecule has 0 fully saturated rings. The van der Waals surface area contributed by atoms with Crippen LogP contribution in [-0.4, -0.2) is 10.7 Å². The van der Waals surface area contributed by atoms with Gasteiger partial charge in [-0.2, -0.15) is 5.10 Å². The number of hydrogen-bond donors (Lipinski definition) is 1. The van der Waals surface area contributed by atoms with Gasteiger partial charge in [0.2, 0.25) is 0 Å². The third-order valence-corrected chi connectivity index (χ3v) is 3.99. The van der Waals surface area contributed by atoms with E-state index in [1.807, 2.05) is 60.7 Å². The highest BCUT2D eigenvalue weighted by atomic mass is 15.3. The Hall–Kier alpha value is -3.46. The molecule has 0 amide bonds. The van der Waals surface area contributed by atoms with Gasteiger partial charge in [0, 0.05) is 22.7 Å². The first-order chi connectivity index (χ1) is 12.4. The van der Waals surface area contributed by atoms with Crippen molar-refractivity contribution < 1.29 is 0 Å². The zero-order valence-corrected chi connectivity index (χ0v) is 13.6. The first kappa shape index (κ1) is 15.1. The van der Waals surface area contributed by atoms with Gasteiger partial charge in [0.25, 0.3) is 0 Å². The van der Waals surface area contributed by atoms with Crippen LogP contribution < -0.4 is 5.43 Å². The van der Waals surface area contributed by atoms with Gasteiger partial charge in [-0.3, -0.25) is 10.4 Å². The number of aromatic nitrogens is 1. The van der Waals surface area contributed by atoms with Crippen molar-refractivity contribution in [2.45, 2.75) is 0 Å². The summed E-state index contributed by atoms with van der Waals surface area (Å²) in [5, 5.41) is 5.77. The predicted octanol–water partition coefficient (Wildman–Crippen LogP) is 5.10. The Morgan fingerprint density at radius 3 is 2.08 bits per heavy atom. The van der Waals surface area contributed by atoms with Crippen LogP contribution in [-0.2, 0) is 0 Å². The van der Waals surface area contributed by atoms with Gasteiger partial charge in [-0.15, -0.1) is 0 Å². The largest absolute Gasteiger partial charge is 0.278 e. The fourth-order valence-electron chi connectivity index (χ4n) is 2.75. The number of rotatable bonds is 4. The van der Waals surface area contributed by atoms with E-state index in [2.05, 4.69) is 45.8 Å². The molecule has 3 heteroatoms. The molecule has 3 aromatic carbocycles. The molecule has 0 bridgehead atoms. The van der Waals surface area contributed by atoms with Crippen molar-refractivity contribution >= 4 is 22.3 Å². The monoisotopic (exact) mass is 323 g/mol. The fourth-order valence-corrected chi connectivity index (χ4v) is 2.75. The minimum absolute atomic E-state index is 0.910. The lowest BCUT2D eigenvalue weighted by Crippen LogP contribution is -2.06. The van der Waals surface area contributed by atoms with E-state index in [9.17, 15) is 0 Å². The molecule has 1 aromatic heterocycles. The van der Waals surface area contributed by atoms with E-state index in [-0.39, 0.29) is 0 Å². The molecule has 4 aromatic rings. The molecule has 0 aliphatic rings. The van der Waals surface area contributed by atoms with Gasteiger partial charge in [0.05, 0.1) is 16.9 Å². The minimum atomic E-state index is 0.910. The molecule has 0 saturated carbocycles. The summed E-state index contributed by atoms with van der Waals surface area (Å²) in [5.41, 5.74) is 8.16. The molecule has 0 aliphatic heterocycles. The van der Waals surface area contributed by atoms with Crippen molar-refractivity contribution in [1.82, 2.24) is 4.98 Å². The zero-order chi connectivity index (χ0) is 16.9. The summed E-state index contributed by atoms with van der Waals surface area (Å²) in [7, 11) is 0. The molecule has 0 radical (unpaired) electrons. The first-order valence-corrected chi connectivity index (χ1v) is 8.19. The number of hydrogen-bond acceptors (Lipinski definition) is 3. The summed E-state index contributed by atoms with van der Waals surface area (Å²) >= 11 is 0. The Morgan fingerprint density at radius 2 is 1.40 bits per heavy atom. The number of pyridine rings is 1. The molecule has 1 heterocycles. The van der Waals surface area contributed by atoms with Crippen molar-refractivity contribution in [2.24, 2.45) is 5.10 Å². The third kappa shape index (κ3) is 3.40. The van der Waals surface area contributed by atoms with Crippen LogP contribution in [0.2, 0.25) is 0 Å².